The molecule has 2 aromatic carbocycles. The van der Waals surface area contributed by atoms with Crippen LogP contribution in [0.4, 0.5) is 4.79 Å². The van der Waals surface area contributed by atoms with Crippen molar-refractivity contribution in [2.45, 2.75) is 31.0 Å². The van der Waals surface area contributed by atoms with Crippen LogP contribution in [-0.4, -0.2) is 40.2 Å². The Morgan fingerprint density at radius 3 is 2.41 bits per heavy atom. The van der Waals surface area contributed by atoms with Crippen molar-refractivity contribution in [3.8, 4) is 5.75 Å². The molecule has 2 aliphatic rings. The highest BCUT2D eigenvalue weighted by molar-refractivity contribution is 7.96. The van der Waals surface area contributed by atoms with Gasteiger partial charge in [0.2, 0.25) is 0 Å². The fourth-order valence-corrected chi connectivity index (χ4v) is 5.08. The summed E-state index contributed by atoms with van der Waals surface area (Å²) >= 11 is 0. The van der Waals surface area contributed by atoms with Crippen LogP contribution in [0.25, 0.3) is 0 Å². The first-order chi connectivity index (χ1) is 16.2. The lowest BCUT2D eigenvalue weighted by Gasteiger charge is -2.28. The maximum atomic E-state index is 13.6. The summed E-state index contributed by atoms with van der Waals surface area (Å²) < 4.78 is 43.8. The predicted octanol–water partition coefficient (Wildman–Crippen LogP) is 4.11. The third kappa shape index (κ3) is 4.45. The van der Waals surface area contributed by atoms with Gasteiger partial charge in [0, 0.05) is 0 Å². The third-order valence-corrected chi connectivity index (χ3v) is 7.14. The molecule has 8 nitrogen and oxygen atoms in total. The number of carbonyl (C=O) groups excluding carboxylic acids is 2. The molecule has 0 radical (unpaired) electrons. The largest absolute Gasteiger partial charge is 0.588 e. The Morgan fingerprint density at radius 2 is 1.76 bits per heavy atom. The summed E-state index contributed by atoms with van der Waals surface area (Å²) in [4.78, 5) is 25.5. The number of esters is 1. The van der Waals surface area contributed by atoms with Gasteiger partial charge in [-0.15, -0.1) is 0 Å². The van der Waals surface area contributed by atoms with Crippen molar-refractivity contribution < 1.29 is 32.6 Å². The zero-order chi connectivity index (χ0) is 24.5. The van der Waals surface area contributed by atoms with Gasteiger partial charge in [0.1, 0.15) is 11.9 Å². The number of rotatable bonds is 5. The smallest absolute Gasteiger partial charge is 0.461 e. The van der Waals surface area contributed by atoms with E-state index in [1.165, 1.54) is 31.4 Å². The molecule has 0 bridgehead atoms. The molecule has 176 valence electrons. The van der Waals surface area contributed by atoms with Crippen LogP contribution in [0.15, 0.2) is 94.6 Å². The van der Waals surface area contributed by atoms with Gasteiger partial charge in [-0.25, -0.2) is 9.59 Å². The number of amides is 1. The monoisotopic (exact) mass is 481 g/mol. The number of ether oxygens (including phenoxy) is 3. The molecule has 3 atom stereocenters. The van der Waals surface area contributed by atoms with Gasteiger partial charge in [-0.1, -0.05) is 44.4 Å². The number of carbonyl (C=O) groups is 2. The quantitative estimate of drug-likeness (QED) is 0.467. The van der Waals surface area contributed by atoms with Crippen LogP contribution in [0.5, 0.6) is 5.75 Å². The summed E-state index contributed by atoms with van der Waals surface area (Å²) in [5, 5.41) is 0. The Balaban J connectivity index is 1.82. The second kappa shape index (κ2) is 9.38. The van der Waals surface area contributed by atoms with Crippen LogP contribution >= 0.6 is 0 Å². The van der Waals surface area contributed by atoms with Crippen LogP contribution in [0.1, 0.15) is 12.5 Å². The molecule has 0 saturated heterocycles. The van der Waals surface area contributed by atoms with Gasteiger partial charge in [0.25, 0.3) is 0 Å². The lowest BCUT2D eigenvalue weighted by Crippen LogP contribution is -2.42. The first-order valence-electron chi connectivity index (χ1n) is 10.5. The Labute approximate surface area is 198 Å². The number of aryl methyl sites for hydroxylation is 1. The van der Waals surface area contributed by atoms with Crippen molar-refractivity contribution in [2.24, 2.45) is 0 Å². The number of para-hydroxylation sites is 1. The van der Waals surface area contributed by atoms with Crippen molar-refractivity contribution in [3.63, 3.8) is 0 Å². The average Bonchev–Trinajstić information content (AvgIpc) is 3.14. The van der Waals surface area contributed by atoms with Crippen LogP contribution in [0.3, 0.4) is 0 Å². The molecule has 4 rings (SSSR count). The van der Waals surface area contributed by atoms with E-state index in [0.717, 1.165) is 5.56 Å². The van der Waals surface area contributed by atoms with Gasteiger partial charge < -0.3 is 18.8 Å². The van der Waals surface area contributed by atoms with Crippen molar-refractivity contribution >= 4 is 22.5 Å². The van der Waals surface area contributed by atoms with Gasteiger partial charge in [-0.2, -0.15) is 0 Å². The molecular weight excluding hydrogens is 458 g/mol. The molecule has 0 fully saturated rings. The molecule has 34 heavy (non-hydrogen) atoms. The molecule has 2 aromatic rings. The molecule has 1 aliphatic heterocycles. The van der Waals surface area contributed by atoms with Crippen LogP contribution in [-0.2, 0) is 28.9 Å². The number of methoxy groups -OCH3 is 1. The number of sulfonamides is 1. The third-order valence-electron chi connectivity index (χ3n) is 5.43. The Bertz CT molecular complexity index is 1250. The molecule has 0 N–H and O–H groups in total. The fourth-order valence-electron chi connectivity index (χ4n) is 3.76. The van der Waals surface area contributed by atoms with Crippen molar-refractivity contribution in [1.82, 2.24) is 4.31 Å². The van der Waals surface area contributed by atoms with Gasteiger partial charge in [0.15, 0.2) is 15.3 Å². The molecule has 1 heterocycles. The van der Waals surface area contributed by atoms with E-state index in [2.05, 4.69) is 0 Å². The maximum absolute atomic E-state index is 13.6. The van der Waals surface area contributed by atoms with E-state index in [0.29, 0.717) is 9.88 Å². The standard InChI is InChI=1S/C25H23NO7S/c1-16-9-12-20(13-10-16)34(29,30)26(25(28)33-19-7-5-4-6-8-19)18-11-14-22-21(15-18)23(17(2)32-22)24(27)31-3/h4-15,17,22H,1-3H3. The van der Waals surface area contributed by atoms with E-state index >= 15 is 0 Å². The van der Waals surface area contributed by atoms with Gasteiger partial charge in [-0.3, -0.25) is 0 Å². The number of hydrogen-bond donors (Lipinski definition) is 0. The summed E-state index contributed by atoms with van der Waals surface area (Å²) in [5.41, 5.74) is 1.56. The molecule has 0 spiro atoms. The van der Waals surface area contributed by atoms with E-state index in [1.807, 2.05) is 6.92 Å². The fraction of sp³-hybridized carbons (Fsp3) is 0.200. The first-order valence-corrected chi connectivity index (χ1v) is 11.9. The summed E-state index contributed by atoms with van der Waals surface area (Å²) in [5.74, 6) is -0.405. The zero-order valence-corrected chi connectivity index (χ0v) is 19.6. The topological polar surface area (TPSA) is 105 Å². The maximum Gasteiger partial charge on any atom is 0.461 e. The normalized spacial score (nSPS) is 20.8. The minimum Gasteiger partial charge on any atom is -0.588 e. The molecule has 1 aliphatic carbocycles. The van der Waals surface area contributed by atoms with Crippen LogP contribution < -0.4 is 4.74 Å². The second-order valence-corrected chi connectivity index (χ2v) is 9.54. The lowest BCUT2D eigenvalue weighted by molar-refractivity contribution is -0.137. The summed E-state index contributed by atoms with van der Waals surface area (Å²) in [7, 11) is -3.11. The minimum atomic E-state index is -4.36. The summed E-state index contributed by atoms with van der Waals surface area (Å²) in [6.45, 7) is 3.52. The molecule has 0 saturated carbocycles. The second-order valence-electron chi connectivity index (χ2n) is 7.75. The van der Waals surface area contributed by atoms with Crippen molar-refractivity contribution in [2.75, 3.05) is 7.11 Å². The zero-order valence-electron chi connectivity index (χ0n) is 18.8. The van der Waals surface area contributed by atoms with Crippen LogP contribution in [0.2, 0.25) is 0 Å². The molecular formula is C25H23NO7S. The number of hydrogen-bond acceptors (Lipinski definition) is 7. The highest BCUT2D eigenvalue weighted by Crippen LogP contribution is 2.36. The average molecular weight is 482 g/mol. The van der Waals surface area contributed by atoms with Gasteiger partial charge >= 0.3 is 12.1 Å². The summed E-state index contributed by atoms with van der Waals surface area (Å²) in [6.07, 6.45) is 2.24. The number of allylic oxidation sites excluding steroid dienone is 1. The molecule has 1 amide bonds. The van der Waals surface area contributed by atoms with E-state index < -0.39 is 34.7 Å². The highest BCUT2D eigenvalue weighted by atomic mass is 32.3. The van der Waals surface area contributed by atoms with E-state index in [-0.39, 0.29) is 21.9 Å². The van der Waals surface area contributed by atoms with E-state index in [1.54, 1.807) is 55.5 Å². The Kier molecular flexibility index (Phi) is 6.52. The number of fused-ring (bicyclic) bond motifs is 1. The first kappa shape index (κ1) is 23.6. The Morgan fingerprint density at radius 1 is 1.09 bits per heavy atom. The van der Waals surface area contributed by atoms with Crippen molar-refractivity contribution in [1.29, 1.82) is 0 Å². The molecule has 9 heteroatoms. The van der Waals surface area contributed by atoms with E-state index in [4.69, 9.17) is 14.2 Å². The van der Waals surface area contributed by atoms with Gasteiger partial charge in [-0.05, 0) is 61.9 Å². The van der Waals surface area contributed by atoms with Crippen LogP contribution in [0, 0.1) is 6.92 Å². The molecule has 3 unspecified atom stereocenters. The number of benzene rings is 2. The summed E-state index contributed by atoms with van der Waals surface area (Å²) in [6, 6.07) is 14.3. The van der Waals surface area contributed by atoms with E-state index in [9.17, 15) is 18.4 Å². The highest BCUT2D eigenvalue weighted by Gasteiger charge is 2.42. The molecule has 0 aromatic heterocycles. The minimum absolute atomic E-state index is 0.00635. The SMILES string of the molecule is COC(=O)C1=C2C=C(N(C(=O)Oc3ccccc3)[S+](=O)([O-])c3ccc(C)cc3)C=CC2OC1C. The van der Waals surface area contributed by atoms with Gasteiger partial charge in [0.05, 0.1) is 24.5 Å². The Hall–Kier alpha value is -3.53. The number of nitrogens with zero attached hydrogens (tertiary/aromatic N) is 1. The predicted molar refractivity (Wildman–Crippen MR) is 123 cm³/mol. The lowest BCUT2D eigenvalue weighted by atomic mass is 9.98. The van der Waals surface area contributed by atoms with Crippen molar-refractivity contribution in [3.05, 3.63) is 95.2 Å².